The number of piperidine rings is 1. The molecule has 2 saturated heterocycles. The minimum absolute atomic E-state index is 0.144. The van der Waals surface area contributed by atoms with Crippen molar-refractivity contribution in [2.75, 3.05) is 37.8 Å². The number of nitrogens with one attached hydrogen (secondary N) is 1. The topological polar surface area (TPSA) is 105 Å². The molecule has 2 aromatic rings. The molecule has 1 aromatic carbocycles. The zero-order valence-corrected chi connectivity index (χ0v) is 23.2. The van der Waals surface area contributed by atoms with Crippen LogP contribution in [0.3, 0.4) is 0 Å². The summed E-state index contributed by atoms with van der Waals surface area (Å²) in [5.74, 6) is 0.991. The largest absolute Gasteiger partial charge is 0.444 e. The minimum Gasteiger partial charge on any atom is -0.444 e. The molecule has 2 unspecified atom stereocenters. The summed E-state index contributed by atoms with van der Waals surface area (Å²) in [4.78, 5) is 24.0. The van der Waals surface area contributed by atoms with Crippen molar-refractivity contribution in [1.29, 1.82) is 0 Å². The van der Waals surface area contributed by atoms with Crippen LogP contribution in [-0.2, 0) is 14.8 Å². The minimum atomic E-state index is -3.15. The van der Waals surface area contributed by atoms with Crippen molar-refractivity contribution in [3.05, 3.63) is 30.0 Å². The number of anilines is 1. The van der Waals surface area contributed by atoms with Crippen LogP contribution in [0, 0.1) is 5.41 Å². The van der Waals surface area contributed by atoms with Gasteiger partial charge in [0, 0.05) is 43.8 Å². The summed E-state index contributed by atoms with van der Waals surface area (Å²) >= 11 is 0. The van der Waals surface area contributed by atoms with Gasteiger partial charge in [0.1, 0.15) is 5.60 Å². The second-order valence-corrected chi connectivity index (χ2v) is 14.1. The fourth-order valence-corrected chi connectivity index (χ4v) is 7.13. The van der Waals surface area contributed by atoms with Crippen molar-refractivity contribution in [2.45, 2.75) is 76.9 Å². The third-order valence-electron chi connectivity index (χ3n) is 8.13. The first kappa shape index (κ1) is 26.2. The maximum absolute atomic E-state index is 12.6. The van der Waals surface area contributed by atoms with E-state index in [2.05, 4.69) is 28.5 Å². The lowest BCUT2D eigenvalue weighted by Crippen LogP contribution is -2.42. The van der Waals surface area contributed by atoms with Crippen molar-refractivity contribution >= 4 is 33.0 Å². The molecule has 3 aliphatic rings. The van der Waals surface area contributed by atoms with Crippen molar-refractivity contribution < 1.29 is 17.9 Å². The predicted octanol–water partition coefficient (Wildman–Crippen LogP) is 4.36. The van der Waals surface area contributed by atoms with Gasteiger partial charge in [-0.05, 0) is 76.2 Å². The van der Waals surface area contributed by atoms with E-state index in [9.17, 15) is 13.2 Å². The van der Waals surface area contributed by atoms with Crippen LogP contribution in [0.25, 0.3) is 10.9 Å². The van der Waals surface area contributed by atoms with E-state index in [0.717, 1.165) is 62.5 Å². The van der Waals surface area contributed by atoms with Gasteiger partial charge in [-0.15, -0.1) is 0 Å². The Kier molecular flexibility index (Phi) is 6.85. The van der Waals surface area contributed by atoms with Gasteiger partial charge in [0.25, 0.3) is 0 Å². The molecule has 9 nitrogen and oxygen atoms in total. The summed E-state index contributed by atoms with van der Waals surface area (Å²) in [6, 6.07) is 6.47. The number of benzene rings is 1. The number of likely N-dealkylation sites (tertiary alicyclic amines) is 1. The maximum atomic E-state index is 12.6. The number of carbonyl (C=O) groups excluding carboxylic acids is 1. The molecule has 1 aliphatic carbocycles. The number of hydrogen-bond donors (Lipinski definition) is 1. The Morgan fingerprint density at radius 2 is 1.89 bits per heavy atom. The molecule has 1 amide bonds. The Morgan fingerprint density at radius 3 is 2.59 bits per heavy atom. The Bertz CT molecular complexity index is 1270. The Labute approximate surface area is 220 Å². The lowest BCUT2D eigenvalue weighted by atomic mass is 9.83. The van der Waals surface area contributed by atoms with E-state index in [1.54, 1.807) is 0 Å². The highest BCUT2D eigenvalue weighted by Crippen LogP contribution is 2.52. The molecule has 0 radical (unpaired) electrons. The fourth-order valence-electron chi connectivity index (χ4n) is 6.25. The van der Waals surface area contributed by atoms with Gasteiger partial charge in [-0.3, -0.25) is 0 Å². The predicted molar refractivity (Wildman–Crippen MR) is 144 cm³/mol. The third-order valence-corrected chi connectivity index (χ3v) is 9.43. The number of para-hydroxylation sites is 1. The molecule has 3 fully saturated rings. The SMILES string of the molecule is CC(C)(C)OC(=O)N1CCC2(CCC(c3cccc4cnc(NC5CCN(S(C)(=O)=O)CC5)nc34)C2)C1. The second kappa shape index (κ2) is 9.69. The van der Waals surface area contributed by atoms with E-state index < -0.39 is 15.6 Å². The van der Waals surface area contributed by atoms with Gasteiger partial charge >= 0.3 is 6.09 Å². The molecule has 1 N–H and O–H groups in total. The normalized spacial score (nSPS) is 25.7. The van der Waals surface area contributed by atoms with Crippen LogP contribution < -0.4 is 5.32 Å². The van der Waals surface area contributed by atoms with E-state index in [-0.39, 0.29) is 17.6 Å². The lowest BCUT2D eigenvalue weighted by molar-refractivity contribution is 0.0273. The second-order valence-electron chi connectivity index (χ2n) is 12.2. The quantitative estimate of drug-likeness (QED) is 0.627. The summed E-state index contributed by atoms with van der Waals surface area (Å²) in [6.07, 6.45) is 8.64. The molecule has 5 rings (SSSR count). The average Bonchev–Trinajstić information content (AvgIpc) is 3.44. The van der Waals surface area contributed by atoms with Gasteiger partial charge in [-0.25, -0.2) is 27.5 Å². The number of carbonyl (C=O) groups is 1. The Hall–Kier alpha value is -2.46. The van der Waals surface area contributed by atoms with Crippen molar-refractivity contribution in [2.24, 2.45) is 5.41 Å². The zero-order chi connectivity index (χ0) is 26.4. The lowest BCUT2D eigenvalue weighted by Gasteiger charge is -2.30. The van der Waals surface area contributed by atoms with Gasteiger partial charge in [-0.2, -0.15) is 0 Å². The van der Waals surface area contributed by atoms with E-state index in [4.69, 9.17) is 9.72 Å². The summed E-state index contributed by atoms with van der Waals surface area (Å²) in [5, 5.41) is 4.47. The van der Waals surface area contributed by atoms with Crippen molar-refractivity contribution in [1.82, 2.24) is 19.2 Å². The highest BCUT2D eigenvalue weighted by atomic mass is 32.2. The molecule has 10 heteroatoms. The van der Waals surface area contributed by atoms with Crippen LogP contribution in [0.1, 0.15) is 70.8 Å². The summed E-state index contributed by atoms with van der Waals surface area (Å²) in [7, 11) is -3.15. The third kappa shape index (κ3) is 5.85. The number of nitrogens with zero attached hydrogens (tertiary/aromatic N) is 4. The first-order valence-electron chi connectivity index (χ1n) is 13.4. The van der Waals surface area contributed by atoms with Crippen LogP contribution >= 0.6 is 0 Å². The molecule has 1 aromatic heterocycles. The zero-order valence-electron chi connectivity index (χ0n) is 22.4. The first-order valence-corrected chi connectivity index (χ1v) is 15.2. The Balaban J connectivity index is 1.28. The van der Waals surface area contributed by atoms with Crippen molar-refractivity contribution in [3.8, 4) is 0 Å². The highest BCUT2D eigenvalue weighted by Gasteiger charge is 2.46. The first-order chi connectivity index (χ1) is 17.4. The molecule has 0 bridgehead atoms. The van der Waals surface area contributed by atoms with E-state index in [0.29, 0.717) is 25.0 Å². The highest BCUT2D eigenvalue weighted by molar-refractivity contribution is 7.88. The number of hydrogen-bond acceptors (Lipinski definition) is 7. The molecule has 37 heavy (non-hydrogen) atoms. The van der Waals surface area contributed by atoms with Crippen LogP contribution in [-0.4, -0.2) is 77.8 Å². The number of ether oxygens (including phenoxy) is 1. The van der Waals surface area contributed by atoms with Gasteiger partial charge in [-0.1, -0.05) is 18.2 Å². The van der Waals surface area contributed by atoms with Gasteiger partial charge in [0.15, 0.2) is 0 Å². The van der Waals surface area contributed by atoms with E-state index >= 15 is 0 Å². The monoisotopic (exact) mass is 529 g/mol. The van der Waals surface area contributed by atoms with Gasteiger partial charge in [0.2, 0.25) is 16.0 Å². The summed E-state index contributed by atoms with van der Waals surface area (Å²) in [6.45, 7) is 8.27. The van der Waals surface area contributed by atoms with Crippen molar-refractivity contribution in [3.63, 3.8) is 0 Å². The van der Waals surface area contributed by atoms with Crippen LogP contribution in [0.2, 0.25) is 0 Å². The smallest absolute Gasteiger partial charge is 0.410 e. The maximum Gasteiger partial charge on any atom is 0.410 e. The molecule has 1 saturated carbocycles. The molecule has 202 valence electrons. The number of fused-ring (bicyclic) bond motifs is 1. The summed E-state index contributed by atoms with van der Waals surface area (Å²) < 4.78 is 30.8. The molecule has 2 atom stereocenters. The van der Waals surface area contributed by atoms with Gasteiger partial charge < -0.3 is 15.0 Å². The molecular weight excluding hydrogens is 490 g/mol. The molecular formula is C27H39N5O4S. The number of aromatic nitrogens is 2. The standard InChI is InChI=1S/C27H39N5O4S/c1-26(2,3)36-25(33)31-15-12-27(18-31)11-8-19(16-27)22-7-5-6-20-17-28-24(30-23(20)22)29-21-9-13-32(14-10-21)37(4,34)35/h5-7,17,19,21H,8-16,18H2,1-4H3,(H,28,29,30). The average molecular weight is 530 g/mol. The molecule has 1 spiro atoms. The van der Waals surface area contributed by atoms with Crippen LogP contribution in [0.4, 0.5) is 10.7 Å². The summed E-state index contributed by atoms with van der Waals surface area (Å²) in [5.41, 5.74) is 1.90. The van der Waals surface area contributed by atoms with E-state index in [1.807, 2.05) is 31.9 Å². The number of sulfonamides is 1. The van der Waals surface area contributed by atoms with Crippen LogP contribution in [0.15, 0.2) is 24.4 Å². The fraction of sp³-hybridized carbons (Fsp3) is 0.667. The molecule has 2 aliphatic heterocycles. The molecule has 3 heterocycles. The van der Waals surface area contributed by atoms with Crippen LogP contribution in [0.5, 0.6) is 0 Å². The number of rotatable bonds is 4. The van der Waals surface area contributed by atoms with Gasteiger partial charge in [0.05, 0.1) is 11.8 Å². The van der Waals surface area contributed by atoms with E-state index in [1.165, 1.54) is 16.1 Å². The number of amides is 1. The Morgan fingerprint density at radius 1 is 1.14 bits per heavy atom.